The van der Waals surface area contributed by atoms with Crippen molar-refractivity contribution in [2.24, 2.45) is 0 Å². The molecule has 0 unspecified atom stereocenters. The summed E-state index contributed by atoms with van der Waals surface area (Å²) in [5.41, 5.74) is 2.18. The van der Waals surface area contributed by atoms with Crippen LogP contribution in [0.2, 0.25) is 0 Å². The predicted molar refractivity (Wildman–Crippen MR) is 83.2 cm³/mol. The molecule has 1 aromatic heterocycles. The molecule has 1 aliphatic heterocycles. The van der Waals surface area contributed by atoms with E-state index in [1.165, 1.54) is 0 Å². The maximum Gasteiger partial charge on any atom is 0.227 e. The summed E-state index contributed by atoms with van der Waals surface area (Å²) < 4.78 is 5.63. The number of benzene rings is 1. The Labute approximate surface area is 125 Å². The summed E-state index contributed by atoms with van der Waals surface area (Å²) in [6.07, 6.45) is 4.66. The van der Waals surface area contributed by atoms with Crippen molar-refractivity contribution < 1.29 is 9.53 Å². The number of carbonyl (C=O) groups is 1. The summed E-state index contributed by atoms with van der Waals surface area (Å²) in [7, 11) is 0. The highest BCUT2D eigenvalue weighted by atomic mass is 16.5. The molecule has 2 aromatic rings. The molecule has 4 heteroatoms. The molecule has 1 N–H and O–H groups in total. The fourth-order valence-corrected chi connectivity index (χ4v) is 3.06. The number of aromatic nitrogens is 1. The van der Waals surface area contributed by atoms with Gasteiger partial charge in [-0.15, -0.1) is 0 Å². The molecule has 0 atom stereocenters. The van der Waals surface area contributed by atoms with Crippen molar-refractivity contribution in [3.05, 3.63) is 36.0 Å². The minimum absolute atomic E-state index is 0.217. The smallest absolute Gasteiger partial charge is 0.227 e. The van der Waals surface area contributed by atoms with E-state index in [1.807, 2.05) is 36.2 Å². The number of hydrogen-bond acceptors (Lipinski definition) is 2. The summed E-state index contributed by atoms with van der Waals surface area (Å²) in [6.45, 7) is 4.40. The average molecular weight is 286 g/mol. The van der Waals surface area contributed by atoms with Gasteiger partial charge in [0.15, 0.2) is 0 Å². The van der Waals surface area contributed by atoms with E-state index >= 15 is 0 Å². The first-order valence-electron chi connectivity index (χ1n) is 7.72. The highest BCUT2D eigenvalue weighted by Crippen LogP contribution is 2.20. The van der Waals surface area contributed by atoms with E-state index in [0.29, 0.717) is 12.5 Å². The third kappa shape index (κ3) is 3.10. The number of amides is 1. The number of H-pyrrole nitrogens is 1. The number of ether oxygens (including phenoxy) is 1. The Kier molecular flexibility index (Phi) is 4.25. The van der Waals surface area contributed by atoms with Crippen LogP contribution in [0.1, 0.15) is 25.3 Å². The Bertz CT molecular complexity index is 612. The van der Waals surface area contributed by atoms with Gasteiger partial charge in [0.05, 0.1) is 12.5 Å². The van der Waals surface area contributed by atoms with Crippen LogP contribution in [0.3, 0.4) is 0 Å². The number of hydrogen-bond donors (Lipinski definition) is 1. The van der Waals surface area contributed by atoms with Gasteiger partial charge in [-0.3, -0.25) is 4.79 Å². The van der Waals surface area contributed by atoms with Crippen LogP contribution in [0.4, 0.5) is 0 Å². The van der Waals surface area contributed by atoms with Gasteiger partial charge in [0.25, 0.3) is 0 Å². The fourth-order valence-electron chi connectivity index (χ4n) is 3.06. The average Bonchev–Trinajstić information content (AvgIpc) is 2.92. The normalized spacial score (nSPS) is 16.5. The van der Waals surface area contributed by atoms with Crippen molar-refractivity contribution in [2.45, 2.75) is 32.3 Å². The van der Waals surface area contributed by atoms with Gasteiger partial charge in [-0.25, -0.2) is 0 Å². The molecule has 3 rings (SSSR count). The Morgan fingerprint density at radius 1 is 1.33 bits per heavy atom. The maximum absolute atomic E-state index is 12.4. The molecule has 0 aliphatic carbocycles. The molecule has 2 heterocycles. The predicted octanol–water partition coefficient (Wildman–Crippen LogP) is 2.74. The van der Waals surface area contributed by atoms with Gasteiger partial charge in [-0.1, -0.05) is 18.2 Å². The first-order valence-corrected chi connectivity index (χ1v) is 7.72. The maximum atomic E-state index is 12.4. The number of para-hydroxylation sites is 1. The lowest BCUT2D eigenvalue weighted by Gasteiger charge is -2.31. The molecule has 1 aliphatic rings. The number of piperidine rings is 1. The molecular weight excluding hydrogens is 264 g/mol. The number of nitrogens with one attached hydrogen (secondary N) is 1. The molecule has 0 spiro atoms. The van der Waals surface area contributed by atoms with Crippen molar-refractivity contribution >= 4 is 16.8 Å². The zero-order valence-electron chi connectivity index (χ0n) is 12.5. The number of fused-ring (bicyclic) bond motifs is 1. The fraction of sp³-hybridized carbons (Fsp3) is 0.471. The number of nitrogens with zero attached hydrogens (tertiary/aromatic N) is 1. The summed E-state index contributed by atoms with van der Waals surface area (Å²) in [5.74, 6) is 0.217. The quantitative estimate of drug-likeness (QED) is 0.939. The van der Waals surface area contributed by atoms with Gasteiger partial charge in [0.1, 0.15) is 0 Å². The van der Waals surface area contributed by atoms with E-state index in [-0.39, 0.29) is 5.91 Å². The van der Waals surface area contributed by atoms with Crippen molar-refractivity contribution in [3.8, 4) is 0 Å². The molecule has 1 fully saturated rings. The zero-order chi connectivity index (χ0) is 14.7. The largest absolute Gasteiger partial charge is 0.378 e. The van der Waals surface area contributed by atoms with Crippen molar-refractivity contribution in [2.75, 3.05) is 19.7 Å². The lowest BCUT2D eigenvalue weighted by atomic mass is 10.1. The lowest BCUT2D eigenvalue weighted by Crippen LogP contribution is -2.41. The summed E-state index contributed by atoms with van der Waals surface area (Å²) in [5, 5.41) is 1.15. The zero-order valence-corrected chi connectivity index (χ0v) is 12.5. The van der Waals surface area contributed by atoms with Crippen LogP contribution in [-0.4, -0.2) is 41.6 Å². The van der Waals surface area contributed by atoms with E-state index in [1.54, 1.807) is 0 Å². The van der Waals surface area contributed by atoms with E-state index in [0.717, 1.165) is 49.0 Å². The second kappa shape index (κ2) is 6.31. The van der Waals surface area contributed by atoms with E-state index in [2.05, 4.69) is 11.1 Å². The van der Waals surface area contributed by atoms with Crippen LogP contribution in [0.25, 0.3) is 10.9 Å². The monoisotopic (exact) mass is 286 g/mol. The third-order valence-electron chi connectivity index (χ3n) is 4.21. The number of aromatic amines is 1. The molecule has 21 heavy (non-hydrogen) atoms. The highest BCUT2D eigenvalue weighted by molar-refractivity contribution is 5.88. The van der Waals surface area contributed by atoms with Crippen LogP contribution in [-0.2, 0) is 16.0 Å². The highest BCUT2D eigenvalue weighted by Gasteiger charge is 2.23. The molecule has 0 saturated carbocycles. The first-order chi connectivity index (χ1) is 10.3. The van der Waals surface area contributed by atoms with Crippen molar-refractivity contribution in [1.29, 1.82) is 0 Å². The lowest BCUT2D eigenvalue weighted by molar-refractivity contribution is -0.133. The van der Waals surface area contributed by atoms with Crippen molar-refractivity contribution in [3.63, 3.8) is 0 Å². The van der Waals surface area contributed by atoms with Gasteiger partial charge in [-0.2, -0.15) is 0 Å². The standard InChI is InChI=1S/C17H22N2O2/c1-2-21-14-7-9-19(10-8-14)17(20)11-13-12-18-16-6-4-3-5-15(13)16/h3-6,12,14,18H,2,7-11H2,1H3. The van der Waals surface area contributed by atoms with Crippen LogP contribution in [0, 0.1) is 0 Å². The topological polar surface area (TPSA) is 45.3 Å². The molecule has 1 saturated heterocycles. The minimum atomic E-state index is 0.217. The van der Waals surface area contributed by atoms with Gasteiger partial charge in [0, 0.05) is 36.8 Å². The Balaban J connectivity index is 1.62. The van der Waals surface area contributed by atoms with Crippen LogP contribution in [0.5, 0.6) is 0 Å². The molecule has 4 nitrogen and oxygen atoms in total. The molecule has 0 bridgehead atoms. The second-order valence-corrected chi connectivity index (χ2v) is 5.57. The third-order valence-corrected chi connectivity index (χ3v) is 4.21. The van der Waals surface area contributed by atoms with Gasteiger partial charge >= 0.3 is 0 Å². The summed E-state index contributed by atoms with van der Waals surface area (Å²) in [6, 6.07) is 8.12. The first kappa shape index (κ1) is 14.1. The van der Waals surface area contributed by atoms with Crippen LogP contribution < -0.4 is 0 Å². The summed E-state index contributed by atoms with van der Waals surface area (Å²) in [4.78, 5) is 17.6. The van der Waals surface area contributed by atoms with Crippen LogP contribution in [0.15, 0.2) is 30.5 Å². The number of likely N-dealkylation sites (tertiary alicyclic amines) is 1. The molecular formula is C17H22N2O2. The van der Waals surface area contributed by atoms with Crippen molar-refractivity contribution in [1.82, 2.24) is 9.88 Å². The van der Waals surface area contributed by atoms with Gasteiger partial charge in [-0.05, 0) is 31.4 Å². The number of carbonyl (C=O) groups excluding carboxylic acids is 1. The Morgan fingerprint density at radius 2 is 2.10 bits per heavy atom. The molecule has 1 aromatic carbocycles. The second-order valence-electron chi connectivity index (χ2n) is 5.57. The Morgan fingerprint density at radius 3 is 2.86 bits per heavy atom. The van der Waals surface area contributed by atoms with Crippen LogP contribution >= 0.6 is 0 Å². The number of rotatable bonds is 4. The Hall–Kier alpha value is -1.81. The summed E-state index contributed by atoms with van der Waals surface area (Å²) >= 11 is 0. The van der Waals surface area contributed by atoms with E-state index in [9.17, 15) is 4.79 Å². The SMILES string of the molecule is CCOC1CCN(C(=O)Cc2c[nH]c3ccccc23)CC1. The minimum Gasteiger partial charge on any atom is -0.378 e. The molecule has 112 valence electrons. The van der Waals surface area contributed by atoms with E-state index < -0.39 is 0 Å². The molecule has 1 amide bonds. The van der Waals surface area contributed by atoms with Gasteiger partial charge in [0.2, 0.25) is 5.91 Å². The van der Waals surface area contributed by atoms with Gasteiger partial charge < -0.3 is 14.6 Å². The van der Waals surface area contributed by atoms with E-state index in [4.69, 9.17) is 4.74 Å². The molecule has 0 radical (unpaired) electrons.